The summed E-state index contributed by atoms with van der Waals surface area (Å²) in [6.07, 6.45) is -4.97. The fourth-order valence-electron chi connectivity index (χ4n) is 1.52. The molecule has 1 heterocycles. The predicted octanol–water partition coefficient (Wildman–Crippen LogP) is 3.11. The zero-order valence-electron chi connectivity index (χ0n) is 9.16. The van der Waals surface area contributed by atoms with Gasteiger partial charge in [0.25, 0.3) is 5.12 Å². The molecule has 1 aromatic carbocycles. The van der Waals surface area contributed by atoms with E-state index in [0.29, 0.717) is 5.02 Å². The van der Waals surface area contributed by atoms with Gasteiger partial charge < -0.3 is 4.74 Å². The van der Waals surface area contributed by atoms with Gasteiger partial charge in [0.15, 0.2) is 5.78 Å². The van der Waals surface area contributed by atoms with Crippen molar-refractivity contribution in [1.29, 1.82) is 0 Å². The minimum atomic E-state index is -4.97. The molecule has 1 unspecified atom stereocenters. The van der Waals surface area contributed by atoms with Crippen molar-refractivity contribution >= 4 is 34.3 Å². The largest absolute Gasteiger partial charge is 0.491 e. The number of benzene rings is 1. The molecule has 1 aliphatic rings. The minimum absolute atomic E-state index is 0.0681. The molecule has 1 aromatic rings. The Hall–Kier alpha value is -1.21. The van der Waals surface area contributed by atoms with Crippen LogP contribution in [0.25, 0.3) is 0 Å². The van der Waals surface area contributed by atoms with Gasteiger partial charge in [-0.1, -0.05) is 23.4 Å². The maximum absolute atomic E-state index is 12.1. The molecule has 0 spiro atoms. The van der Waals surface area contributed by atoms with Gasteiger partial charge in [-0.3, -0.25) is 9.59 Å². The topological polar surface area (TPSA) is 43.4 Å². The van der Waals surface area contributed by atoms with Crippen LogP contribution in [0.1, 0.15) is 10.4 Å². The lowest BCUT2D eigenvalue weighted by Crippen LogP contribution is -2.33. The summed E-state index contributed by atoms with van der Waals surface area (Å²) in [5, 5.41) is -2.85. The molecule has 0 N–H and O–H groups in total. The van der Waals surface area contributed by atoms with Crippen molar-refractivity contribution in [2.24, 2.45) is 0 Å². The molecule has 1 atom stereocenters. The van der Waals surface area contributed by atoms with Crippen molar-refractivity contribution in [1.82, 2.24) is 0 Å². The van der Waals surface area contributed by atoms with Crippen LogP contribution in [0.2, 0.25) is 5.02 Å². The number of ketones is 1. The van der Waals surface area contributed by atoms with Gasteiger partial charge in [-0.15, -0.1) is 0 Å². The first kappa shape index (κ1) is 14.2. The fraction of sp³-hybridized carbons (Fsp3) is 0.273. The van der Waals surface area contributed by atoms with E-state index in [1.54, 1.807) is 0 Å². The molecular weight excluding hydrogens is 305 g/mol. The Morgan fingerprint density at radius 1 is 1.42 bits per heavy atom. The summed E-state index contributed by atoms with van der Waals surface area (Å²) in [5.41, 5.74) is 0.128. The molecule has 0 amide bonds. The van der Waals surface area contributed by atoms with E-state index in [-0.39, 0.29) is 29.7 Å². The molecule has 0 aliphatic carbocycles. The summed E-state index contributed by atoms with van der Waals surface area (Å²) in [5.74, 6) is -0.352. The maximum atomic E-state index is 12.1. The number of thioether (sulfide) groups is 1. The van der Waals surface area contributed by atoms with Gasteiger partial charge in [-0.25, -0.2) is 0 Å². The number of hydrogen-bond donors (Lipinski definition) is 0. The molecule has 3 nitrogen and oxygen atoms in total. The third kappa shape index (κ3) is 3.03. The highest BCUT2D eigenvalue weighted by molar-refractivity contribution is 8.14. The molecule has 0 aromatic heterocycles. The highest BCUT2D eigenvalue weighted by Crippen LogP contribution is 2.34. The average molecular weight is 311 g/mol. The number of alkyl halides is 3. The van der Waals surface area contributed by atoms with E-state index < -0.39 is 22.3 Å². The number of Topliss-reactive ketones (excluding diaryl/α,β-unsaturated/α-hetero) is 1. The number of rotatable bonds is 1. The summed E-state index contributed by atoms with van der Waals surface area (Å²) in [6, 6.07) is 4.20. The van der Waals surface area contributed by atoms with Crippen LogP contribution < -0.4 is 4.74 Å². The molecule has 102 valence electrons. The second kappa shape index (κ2) is 5.05. The Kier molecular flexibility index (Phi) is 3.78. The molecule has 2 rings (SSSR count). The minimum Gasteiger partial charge on any atom is -0.491 e. The van der Waals surface area contributed by atoms with Crippen LogP contribution in [0, 0.1) is 0 Å². The first-order chi connectivity index (χ1) is 8.79. The van der Waals surface area contributed by atoms with Crippen molar-refractivity contribution in [2.45, 2.75) is 11.4 Å². The van der Waals surface area contributed by atoms with E-state index in [0.717, 1.165) is 0 Å². The lowest BCUT2D eigenvalue weighted by Gasteiger charge is -2.23. The molecule has 0 fully saturated rings. The quantitative estimate of drug-likeness (QED) is 0.799. The zero-order chi connectivity index (χ0) is 14.2. The monoisotopic (exact) mass is 310 g/mol. The Labute approximate surface area is 115 Å². The second-order valence-electron chi connectivity index (χ2n) is 3.71. The predicted molar refractivity (Wildman–Crippen MR) is 63.7 cm³/mol. The van der Waals surface area contributed by atoms with Crippen LogP contribution in [0.5, 0.6) is 5.75 Å². The van der Waals surface area contributed by atoms with Crippen molar-refractivity contribution < 1.29 is 27.5 Å². The highest BCUT2D eigenvalue weighted by Gasteiger charge is 2.43. The van der Waals surface area contributed by atoms with Crippen LogP contribution in [0.4, 0.5) is 13.2 Å². The zero-order valence-corrected chi connectivity index (χ0v) is 10.7. The molecule has 0 saturated heterocycles. The Morgan fingerprint density at radius 2 is 2.11 bits per heavy atom. The van der Waals surface area contributed by atoms with Gasteiger partial charge in [0.05, 0.1) is 5.56 Å². The highest BCUT2D eigenvalue weighted by atomic mass is 35.5. The number of ether oxygens (including phenoxy) is 1. The first-order valence-corrected chi connectivity index (χ1v) is 6.29. The summed E-state index contributed by atoms with van der Waals surface area (Å²) in [4.78, 5) is 22.8. The SMILES string of the molecule is O=C1c2ccc(Cl)cc2OCC1SC(=O)C(F)(F)F. The van der Waals surface area contributed by atoms with Crippen molar-refractivity contribution in [3.63, 3.8) is 0 Å². The fourth-order valence-corrected chi connectivity index (χ4v) is 2.44. The van der Waals surface area contributed by atoms with Crippen molar-refractivity contribution in [3.05, 3.63) is 28.8 Å². The smallest absolute Gasteiger partial charge is 0.460 e. The van der Waals surface area contributed by atoms with E-state index in [9.17, 15) is 22.8 Å². The van der Waals surface area contributed by atoms with Gasteiger partial charge in [0.1, 0.15) is 17.6 Å². The van der Waals surface area contributed by atoms with Crippen LogP contribution >= 0.6 is 23.4 Å². The van der Waals surface area contributed by atoms with Gasteiger partial charge in [0.2, 0.25) is 0 Å². The third-order valence-corrected chi connectivity index (χ3v) is 3.69. The molecule has 0 radical (unpaired) electrons. The third-order valence-electron chi connectivity index (χ3n) is 2.37. The van der Waals surface area contributed by atoms with Gasteiger partial charge in [0, 0.05) is 5.02 Å². The van der Waals surface area contributed by atoms with Crippen LogP contribution in [0.3, 0.4) is 0 Å². The van der Waals surface area contributed by atoms with Gasteiger partial charge in [-0.05, 0) is 18.2 Å². The molecule has 0 saturated carbocycles. The standard InChI is InChI=1S/C11H6ClF3O3S/c12-5-1-2-6-7(3-5)18-4-8(9(6)16)19-10(17)11(13,14)15/h1-3,8H,4H2. The molecular formula is C11H6ClF3O3S. The van der Waals surface area contributed by atoms with Crippen molar-refractivity contribution in [3.8, 4) is 5.75 Å². The second-order valence-corrected chi connectivity index (χ2v) is 5.32. The van der Waals surface area contributed by atoms with E-state index in [1.165, 1.54) is 18.2 Å². The van der Waals surface area contributed by atoms with E-state index >= 15 is 0 Å². The van der Waals surface area contributed by atoms with Crippen LogP contribution in [0.15, 0.2) is 18.2 Å². The normalized spacial score (nSPS) is 18.7. The Bertz CT molecular complexity index is 544. The summed E-state index contributed by atoms with van der Waals surface area (Å²) < 4.78 is 41.6. The van der Waals surface area contributed by atoms with E-state index in [4.69, 9.17) is 16.3 Å². The van der Waals surface area contributed by atoms with E-state index in [1.807, 2.05) is 0 Å². The molecule has 0 bridgehead atoms. The number of fused-ring (bicyclic) bond motifs is 1. The molecule has 19 heavy (non-hydrogen) atoms. The molecule has 8 heteroatoms. The lowest BCUT2D eigenvalue weighted by atomic mass is 10.1. The van der Waals surface area contributed by atoms with Crippen LogP contribution in [-0.2, 0) is 4.79 Å². The van der Waals surface area contributed by atoms with Gasteiger partial charge >= 0.3 is 6.18 Å². The lowest BCUT2D eigenvalue weighted by molar-refractivity contribution is -0.160. The summed E-state index contributed by atoms with van der Waals surface area (Å²) in [7, 11) is 0. The summed E-state index contributed by atoms with van der Waals surface area (Å²) in [6.45, 7) is -0.293. The van der Waals surface area contributed by atoms with Crippen molar-refractivity contribution in [2.75, 3.05) is 6.61 Å². The number of halogens is 4. The maximum Gasteiger partial charge on any atom is 0.460 e. The number of carbonyl (C=O) groups is 2. The Morgan fingerprint density at radius 3 is 2.74 bits per heavy atom. The average Bonchev–Trinajstić information content (AvgIpc) is 2.31. The van der Waals surface area contributed by atoms with Gasteiger partial charge in [-0.2, -0.15) is 13.2 Å². The Balaban J connectivity index is 2.18. The molecule has 1 aliphatic heterocycles. The first-order valence-electron chi connectivity index (χ1n) is 5.03. The number of hydrogen-bond acceptors (Lipinski definition) is 4. The number of carbonyl (C=O) groups excluding carboxylic acids is 2. The van der Waals surface area contributed by atoms with Crippen LogP contribution in [-0.4, -0.2) is 28.9 Å². The summed E-state index contributed by atoms with van der Waals surface area (Å²) >= 11 is 5.64. The van der Waals surface area contributed by atoms with E-state index in [2.05, 4.69) is 0 Å².